The number of thiophene rings is 1. The summed E-state index contributed by atoms with van der Waals surface area (Å²) in [5, 5.41) is 10.1. The van der Waals surface area contributed by atoms with Crippen LogP contribution in [0.2, 0.25) is 0 Å². The lowest BCUT2D eigenvalue weighted by Crippen LogP contribution is -2.42. The van der Waals surface area contributed by atoms with Crippen molar-refractivity contribution in [2.75, 3.05) is 39.9 Å². The lowest BCUT2D eigenvalue weighted by atomic mass is 10.1. The quantitative estimate of drug-likeness (QED) is 0.810. The average Bonchev–Trinajstić information content (AvgIpc) is 3.18. The molecule has 1 saturated heterocycles. The summed E-state index contributed by atoms with van der Waals surface area (Å²) < 4.78 is 11.0. The van der Waals surface area contributed by atoms with Crippen molar-refractivity contribution in [3.05, 3.63) is 34.2 Å². The van der Waals surface area contributed by atoms with E-state index in [1.165, 1.54) is 4.88 Å². The maximum atomic E-state index is 5.49. The van der Waals surface area contributed by atoms with E-state index in [1.807, 2.05) is 18.3 Å². The summed E-state index contributed by atoms with van der Waals surface area (Å²) in [6.07, 6.45) is 0. The van der Waals surface area contributed by atoms with Crippen molar-refractivity contribution in [1.29, 1.82) is 0 Å². The van der Waals surface area contributed by atoms with Crippen LogP contribution in [0, 0.1) is 6.92 Å². The largest absolute Gasteiger partial charge is 0.424 e. The van der Waals surface area contributed by atoms with Crippen molar-refractivity contribution >= 4 is 11.3 Å². The first-order chi connectivity index (χ1) is 10.7. The molecule has 0 unspecified atom stereocenters. The van der Waals surface area contributed by atoms with E-state index in [0.717, 1.165) is 32.8 Å². The van der Waals surface area contributed by atoms with E-state index < -0.39 is 0 Å². The van der Waals surface area contributed by atoms with Gasteiger partial charge in [0.2, 0.25) is 11.8 Å². The molecule has 3 heterocycles. The molecule has 1 aliphatic rings. The molecule has 1 fully saturated rings. The molecule has 120 valence electrons. The van der Waals surface area contributed by atoms with E-state index in [1.54, 1.807) is 0 Å². The van der Waals surface area contributed by atoms with E-state index in [4.69, 9.17) is 9.15 Å². The van der Waals surface area contributed by atoms with Gasteiger partial charge in [-0.1, -0.05) is 6.07 Å². The van der Waals surface area contributed by atoms with Crippen molar-refractivity contribution in [3.63, 3.8) is 0 Å². The Labute approximate surface area is 134 Å². The minimum absolute atomic E-state index is 0.387. The molecule has 2 aromatic heterocycles. The predicted molar refractivity (Wildman–Crippen MR) is 84.8 cm³/mol. The summed E-state index contributed by atoms with van der Waals surface area (Å²) in [6, 6.07) is 4.72. The Morgan fingerprint density at radius 2 is 2.18 bits per heavy atom. The van der Waals surface area contributed by atoms with Gasteiger partial charge in [-0.25, -0.2) is 0 Å². The summed E-state index contributed by atoms with van der Waals surface area (Å²) >= 11 is 1.82. The van der Waals surface area contributed by atoms with E-state index in [9.17, 15) is 0 Å². The summed E-state index contributed by atoms with van der Waals surface area (Å²) in [7, 11) is 2.10. The molecule has 1 atom stereocenters. The first-order valence-corrected chi connectivity index (χ1v) is 8.43. The number of aryl methyl sites for hydroxylation is 1. The Bertz CT molecular complexity index is 566. The highest BCUT2D eigenvalue weighted by atomic mass is 32.1. The minimum atomic E-state index is 0.387. The van der Waals surface area contributed by atoms with Gasteiger partial charge in [0, 0.05) is 31.4 Å². The molecule has 6 nitrogen and oxygen atoms in total. The SMILES string of the molecule is Cc1nnc(CN(C)C[C@@H](c2cccs2)N2CCOCC2)o1. The summed E-state index contributed by atoms with van der Waals surface area (Å²) in [6.45, 7) is 7.02. The van der Waals surface area contributed by atoms with Gasteiger partial charge in [0.25, 0.3) is 0 Å². The number of likely N-dealkylation sites (N-methyl/N-ethyl adjacent to an activating group) is 1. The second-order valence-corrected chi connectivity index (χ2v) is 6.57. The summed E-state index contributed by atoms with van der Waals surface area (Å²) in [4.78, 5) is 6.15. The van der Waals surface area contributed by atoms with Gasteiger partial charge in [-0.15, -0.1) is 21.5 Å². The van der Waals surface area contributed by atoms with E-state index >= 15 is 0 Å². The van der Waals surface area contributed by atoms with Gasteiger partial charge in [0.1, 0.15) is 0 Å². The molecule has 22 heavy (non-hydrogen) atoms. The fourth-order valence-corrected chi connectivity index (χ4v) is 3.60. The van der Waals surface area contributed by atoms with Crippen LogP contribution in [0.5, 0.6) is 0 Å². The van der Waals surface area contributed by atoms with Gasteiger partial charge in [0.05, 0.1) is 25.8 Å². The zero-order chi connectivity index (χ0) is 15.4. The second-order valence-electron chi connectivity index (χ2n) is 5.59. The number of morpholine rings is 1. The molecule has 0 amide bonds. The Morgan fingerprint density at radius 1 is 1.36 bits per heavy atom. The molecule has 7 heteroatoms. The normalized spacial score (nSPS) is 18.0. The molecule has 0 saturated carbocycles. The van der Waals surface area contributed by atoms with E-state index in [0.29, 0.717) is 24.4 Å². The topological polar surface area (TPSA) is 54.6 Å². The van der Waals surface area contributed by atoms with Crippen molar-refractivity contribution < 1.29 is 9.15 Å². The molecule has 0 bridgehead atoms. The third-order valence-corrected chi connectivity index (χ3v) is 4.79. The van der Waals surface area contributed by atoms with Crippen LogP contribution in [-0.4, -0.2) is 59.9 Å². The monoisotopic (exact) mass is 322 g/mol. The maximum absolute atomic E-state index is 5.49. The first kappa shape index (κ1) is 15.6. The van der Waals surface area contributed by atoms with Crippen LogP contribution < -0.4 is 0 Å². The van der Waals surface area contributed by atoms with Crippen LogP contribution in [0.4, 0.5) is 0 Å². The van der Waals surface area contributed by atoms with Gasteiger partial charge >= 0.3 is 0 Å². The first-order valence-electron chi connectivity index (χ1n) is 7.55. The van der Waals surface area contributed by atoms with Gasteiger partial charge in [-0.05, 0) is 18.5 Å². The molecule has 0 aromatic carbocycles. The van der Waals surface area contributed by atoms with Crippen molar-refractivity contribution in [2.45, 2.75) is 19.5 Å². The number of hydrogen-bond donors (Lipinski definition) is 0. The molecule has 0 N–H and O–H groups in total. The third kappa shape index (κ3) is 3.92. The van der Waals surface area contributed by atoms with Crippen molar-refractivity contribution in [3.8, 4) is 0 Å². The highest BCUT2D eigenvalue weighted by Gasteiger charge is 2.25. The molecule has 0 radical (unpaired) electrons. The highest BCUT2D eigenvalue weighted by molar-refractivity contribution is 7.10. The Kier molecular flexibility index (Phi) is 5.20. The third-order valence-electron chi connectivity index (χ3n) is 3.82. The molecular weight excluding hydrogens is 300 g/mol. The lowest BCUT2D eigenvalue weighted by molar-refractivity contribution is 0.00917. The van der Waals surface area contributed by atoms with Gasteiger partial charge < -0.3 is 9.15 Å². The second kappa shape index (κ2) is 7.32. The lowest BCUT2D eigenvalue weighted by Gasteiger charge is -2.35. The molecule has 1 aliphatic heterocycles. The van der Waals surface area contributed by atoms with Gasteiger partial charge in [-0.3, -0.25) is 9.80 Å². The highest BCUT2D eigenvalue weighted by Crippen LogP contribution is 2.27. The molecule has 2 aromatic rings. The zero-order valence-electron chi connectivity index (χ0n) is 13.1. The Balaban J connectivity index is 1.66. The van der Waals surface area contributed by atoms with Crippen molar-refractivity contribution in [1.82, 2.24) is 20.0 Å². The van der Waals surface area contributed by atoms with Gasteiger partial charge in [-0.2, -0.15) is 0 Å². The van der Waals surface area contributed by atoms with Crippen LogP contribution in [0.25, 0.3) is 0 Å². The standard InChI is InChI=1S/C15H22N4O2S/c1-12-16-17-15(21-12)11-18(2)10-13(14-4-3-9-22-14)19-5-7-20-8-6-19/h3-4,9,13H,5-8,10-11H2,1-2H3/t13-/m0/s1. The number of ether oxygens (including phenoxy) is 1. The zero-order valence-corrected chi connectivity index (χ0v) is 13.9. The number of nitrogens with zero attached hydrogens (tertiary/aromatic N) is 4. The minimum Gasteiger partial charge on any atom is -0.424 e. The van der Waals surface area contributed by atoms with E-state index in [-0.39, 0.29) is 0 Å². The molecule has 0 spiro atoms. The number of hydrogen-bond acceptors (Lipinski definition) is 7. The van der Waals surface area contributed by atoms with Crippen molar-refractivity contribution in [2.24, 2.45) is 0 Å². The van der Waals surface area contributed by atoms with E-state index in [2.05, 4.69) is 44.6 Å². The van der Waals surface area contributed by atoms with Crippen LogP contribution in [0.3, 0.4) is 0 Å². The van der Waals surface area contributed by atoms with Crippen LogP contribution >= 0.6 is 11.3 Å². The average molecular weight is 322 g/mol. The van der Waals surface area contributed by atoms with Crippen LogP contribution in [-0.2, 0) is 11.3 Å². The Hall–Kier alpha value is -1.28. The summed E-state index contributed by atoms with van der Waals surface area (Å²) in [5.74, 6) is 1.29. The molecule has 3 rings (SSSR count). The maximum Gasteiger partial charge on any atom is 0.230 e. The fourth-order valence-electron chi connectivity index (χ4n) is 2.75. The predicted octanol–water partition coefficient (Wildman–Crippen LogP) is 1.94. The van der Waals surface area contributed by atoms with Crippen LogP contribution in [0.15, 0.2) is 21.9 Å². The number of aromatic nitrogens is 2. The Morgan fingerprint density at radius 3 is 2.82 bits per heavy atom. The molecule has 0 aliphatic carbocycles. The molecular formula is C15H22N4O2S. The smallest absolute Gasteiger partial charge is 0.230 e. The summed E-state index contributed by atoms with van der Waals surface area (Å²) in [5.41, 5.74) is 0. The fraction of sp³-hybridized carbons (Fsp3) is 0.600. The van der Waals surface area contributed by atoms with Crippen LogP contribution in [0.1, 0.15) is 22.7 Å². The number of rotatable bonds is 6. The van der Waals surface area contributed by atoms with Gasteiger partial charge in [0.15, 0.2) is 0 Å².